The van der Waals surface area contributed by atoms with Crippen molar-refractivity contribution in [3.63, 3.8) is 0 Å². The number of ether oxygens (including phenoxy) is 1. The number of benzene rings is 2. The van der Waals surface area contributed by atoms with Crippen molar-refractivity contribution in [2.75, 3.05) is 11.8 Å². The Kier molecular flexibility index (Phi) is 5.10. The van der Waals surface area contributed by atoms with Gasteiger partial charge in [0, 0.05) is 5.02 Å². The summed E-state index contributed by atoms with van der Waals surface area (Å²) in [5, 5.41) is 4.30. The molecule has 3 rings (SSSR count). The first kappa shape index (κ1) is 18.2. The Bertz CT molecular complexity index is 1020. The Morgan fingerprint density at radius 3 is 2.62 bits per heavy atom. The minimum Gasteiger partial charge on any atom is -0.497 e. The lowest BCUT2D eigenvalue weighted by molar-refractivity contribution is 0.414. The molecule has 26 heavy (non-hydrogen) atoms. The Balaban J connectivity index is 1.74. The minimum absolute atomic E-state index is 0.0521. The molecule has 0 aliphatic carbocycles. The van der Waals surface area contributed by atoms with Gasteiger partial charge in [0.05, 0.1) is 18.6 Å². The fourth-order valence-electron chi connectivity index (χ4n) is 2.18. The van der Waals surface area contributed by atoms with Gasteiger partial charge in [-0.25, -0.2) is 22.2 Å². The van der Waals surface area contributed by atoms with Crippen LogP contribution in [-0.4, -0.2) is 30.3 Å². The quantitative estimate of drug-likeness (QED) is 0.692. The smallest absolute Gasteiger partial charge is 0.264 e. The van der Waals surface area contributed by atoms with Gasteiger partial charge in [-0.05, 0) is 42.0 Å². The van der Waals surface area contributed by atoms with E-state index in [1.165, 1.54) is 60.6 Å². The van der Waals surface area contributed by atoms with Crippen molar-refractivity contribution >= 4 is 27.6 Å². The molecule has 0 aliphatic rings. The summed E-state index contributed by atoms with van der Waals surface area (Å²) in [5.41, 5.74) is 0.627. The lowest BCUT2D eigenvalue weighted by Crippen LogP contribution is -2.14. The maximum Gasteiger partial charge on any atom is 0.264 e. The van der Waals surface area contributed by atoms with Gasteiger partial charge in [0.1, 0.15) is 17.9 Å². The van der Waals surface area contributed by atoms with Crippen molar-refractivity contribution in [3.05, 3.63) is 65.2 Å². The first-order valence-corrected chi connectivity index (χ1v) is 9.24. The summed E-state index contributed by atoms with van der Waals surface area (Å²) >= 11 is 5.97. The van der Waals surface area contributed by atoms with Crippen LogP contribution in [-0.2, 0) is 16.6 Å². The van der Waals surface area contributed by atoms with Crippen LogP contribution in [0.4, 0.5) is 10.3 Å². The van der Waals surface area contributed by atoms with Crippen LogP contribution in [0.2, 0.25) is 5.02 Å². The second kappa shape index (κ2) is 7.30. The molecule has 0 saturated carbocycles. The largest absolute Gasteiger partial charge is 0.497 e. The van der Waals surface area contributed by atoms with Crippen molar-refractivity contribution in [2.45, 2.75) is 11.4 Å². The zero-order valence-corrected chi connectivity index (χ0v) is 15.1. The van der Waals surface area contributed by atoms with Gasteiger partial charge in [-0.2, -0.15) is 4.98 Å². The summed E-state index contributed by atoms with van der Waals surface area (Å²) in [6.45, 7) is 0.219. The summed E-state index contributed by atoms with van der Waals surface area (Å²) in [5.74, 6) is 0.0202. The van der Waals surface area contributed by atoms with E-state index in [2.05, 4.69) is 14.8 Å². The van der Waals surface area contributed by atoms with Crippen LogP contribution in [0.5, 0.6) is 5.75 Å². The van der Waals surface area contributed by atoms with E-state index >= 15 is 0 Å². The molecule has 0 unspecified atom stereocenters. The molecule has 0 saturated heterocycles. The number of methoxy groups -OCH3 is 1. The summed E-state index contributed by atoms with van der Waals surface area (Å²) in [6.07, 6.45) is 1.35. The third-order valence-corrected chi connectivity index (χ3v) is 5.18. The third kappa shape index (κ3) is 4.12. The fourth-order valence-corrected chi connectivity index (χ4v) is 3.35. The highest BCUT2D eigenvalue weighted by Gasteiger charge is 2.16. The normalized spacial score (nSPS) is 11.3. The zero-order chi connectivity index (χ0) is 18.7. The second-order valence-electron chi connectivity index (χ2n) is 5.28. The van der Waals surface area contributed by atoms with E-state index in [0.717, 1.165) is 0 Å². The van der Waals surface area contributed by atoms with Crippen molar-refractivity contribution in [1.82, 2.24) is 14.8 Å². The second-order valence-corrected chi connectivity index (χ2v) is 7.37. The van der Waals surface area contributed by atoms with Gasteiger partial charge in [-0.1, -0.05) is 17.7 Å². The zero-order valence-electron chi connectivity index (χ0n) is 13.6. The fraction of sp³-hybridized carbons (Fsp3) is 0.125. The van der Waals surface area contributed by atoms with Crippen LogP contribution in [0.25, 0.3) is 0 Å². The molecular formula is C16H14ClFN4O3S. The number of aromatic nitrogens is 3. The van der Waals surface area contributed by atoms with Crippen LogP contribution in [0.15, 0.2) is 53.7 Å². The molecule has 0 atom stereocenters. The first-order chi connectivity index (χ1) is 12.4. The van der Waals surface area contributed by atoms with E-state index in [1.54, 1.807) is 0 Å². The third-order valence-electron chi connectivity index (χ3n) is 3.48. The number of anilines is 1. The van der Waals surface area contributed by atoms with Crippen LogP contribution in [0.1, 0.15) is 5.56 Å². The lowest BCUT2D eigenvalue weighted by atomic mass is 10.2. The van der Waals surface area contributed by atoms with E-state index in [4.69, 9.17) is 16.3 Å². The minimum atomic E-state index is -3.83. The van der Waals surface area contributed by atoms with Crippen LogP contribution in [0.3, 0.4) is 0 Å². The molecule has 0 spiro atoms. The van der Waals surface area contributed by atoms with Gasteiger partial charge in [-0.15, -0.1) is 5.10 Å². The topological polar surface area (TPSA) is 86.1 Å². The number of hydrogen-bond donors (Lipinski definition) is 1. The van der Waals surface area contributed by atoms with Crippen molar-refractivity contribution in [2.24, 2.45) is 0 Å². The molecule has 0 fully saturated rings. The molecule has 0 aliphatic heterocycles. The van der Waals surface area contributed by atoms with E-state index in [9.17, 15) is 12.8 Å². The molecular weight excluding hydrogens is 383 g/mol. The molecule has 0 bridgehead atoms. The Labute approximate surface area is 154 Å². The molecule has 2 aromatic carbocycles. The first-order valence-electron chi connectivity index (χ1n) is 7.37. The highest BCUT2D eigenvalue weighted by atomic mass is 35.5. The summed E-state index contributed by atoms with van der Waals surface area (Å²) in [4.78, 5) is 3.98. The van der Waals surface area contributed by atoms with Gasteiger partial charge >= 0.3 is 0 Å². The average Bonchev–Trinajstić information content (AvgIpc) is 3.04. The number of sulfonamides is 1. The van der Waals surface area contributed by atoms with Crippen LogP contribution in [0, 0.1) is 5.82 Å². The number of halogens is 2. The van der Waals surface area contributed by atoms with Crippen molar-refractivity contribution in [3.8, 4) is 5.75 Å². The van der Waals surface area contributed by atoms with Crippen molar-refractivity contribution < 1.29 is 17.5 Å². The summed E-state index contributed by atoms with van der Waals surface area (Å²) < 4.78 is 46.5. The predicted molar refractivity (Wildman–Crippen MR) is 94.3 cm³/mol. The number of nitrogens with zero attached hydrogens (tertiary/aromatic N) is 3. The Morgan fingerprint density at radius 2 is 1.96 bits per heavy atom. The Morgan fingerprint density at radius 1 is 1.23 bits per heavy atom. The molecule has 3 aromatic rings. The van der Waals surface area contributed by atoms with Gasteiger partial charge in [0.25, 0.3) is 16.0 Å². The molecule has 1 heterocycles. The maximum atomic E-state index is 13.1. The number of hydrogen-bond acceptors (Lipinski definition) is 5. The lowest BCUT2D eigenvalue weighted by Gasteiger charge is -2.06. The average molecular weight is 397 g/mol. The standard InChI is InChI=1S/C16H14ClFN4O3S/c1-25-13-4-6-14(7-5-13)26(23,24)21-16-19-10-22(20-16)9-11-2-3-12(18)8-15(11)17/h2-8,10H,9H2,1H3,(H,20,21). The maximum absolute atomic E-state index is 13.1. The molecule has 0 radical (unpaired) electrons. The highest BCUT2D eigenvalue weighted by molar-refractivity contribution is 7.92. The van der Waals surface area contributed by atoms with Crippen LogP contribution < -0.4 is 9.46 Å². The number of nitrogens with one attached hydrogen (secondary N) is 1. The van der Waals surface area contributed by atoms with Crippen molar-refractivity contribution in [1.29, 1.82) is 0 Å². The summed E-state index contributed by atoms with van der Waals surface area (Å²) in [6, 6.07) is 9.91. The predicted octanol–water partition coefficient (Wildman–Crippen LogP) is 2.93. The number of rotatable bonds is 6. The van der Waals surface area contributed by atoms with E-state index < -0.39 is 15.8 Å². The van der Waals surface area contributed by atoms with E-state index in [-0.39, 0.29) is 22.4 Å². The van der Waals surface area contributed by atoms with Gasteiger partial charge in [0.2, 0.25) is 0 Å². The molecule has 136 valence electrons. The molecule has 0 amide bonds. The molecule has 7 nitrogen and oxygen atoms in total. The highest BCUT2D eigenvalue weighted by Crippen LogP contribution is 2.19. The Hall–Kier alpha value is -2.65. The molecule has 1 N–H and O–H groups in total. The molecule has 10 heteroatoms. The van der Waals surface area contributed by atoms with Crippen LogP contribution >= 0.6 is 11.6 Å². The summed E-state index contributed by atoms with van der Waals surface area (Å²) in [7, 11) is -2.34. The SMILES string of the molecule is COc1ccc(S(=O)(=O)Nc2ncn(Cc3ccc(F)cc3Cl)n2)cc1. The van der Waals surface area contributed by atoms with Gasteiger partial charge in [-0.3, -0.25) is 0 Å². The van der Waals surface area contributed by atoms with E-state index in [1.807, 2.05) is 0 Å². The molecule has 1 aromatic heterocycles. The monoisotopic (exact) mass is 396 g/mol. The van der Waals surface area contributed by atoms with Gasteiger partial charge < -0.3 is 4.74 Å². The van der Waals surface area contributed by atoms with Gasteiger partial charge in [0.15, 0.2) is 0 Å². The van der Waals surface area contributed by atoms with E-state index in [0.29, 0.717) is 11.3 Å².